The lowest BCUT2D eigenvalue weighted by atomic mass is 9.99. The minimum Gasteiger partial charge on any atom is -0.482 e. The summed E-state index contributed by atoms with van der Waals surface area (Å²) in [6.45, 7) is -0.204. The van der Waals surface area contributed by atoms with Crippen LogP contribution in [0.2, 0.25) is 0 Å². The molecule has 1 N–H and O–H groups in total. The molecule has 5 rings (SSSR count). The summed E-state index contributed by atoms with van der Waals surface area (Å²) in [5.41, 5.74) is 3.37. The van der Waals surface area contributed by atoms with Crippen LogP contribution in [-0.4, -0.2) is 29.7 Å². The lowest BCUT2D eigenvalue weighted by Crippen LogP contribution is -2.12. The number of hydrogen-bond donors (Lipinski definition) is 1. The fraction of sp³-hybridized carbons (Fsp3) is 0.0741. The van der Waals surface area contributed by atoms with E-state index in [0.717, 1.165) is 21.2 Å². The molecule has 3 aromatic carbocycles. The fourth-order valence-electron chi connectivity index (χ4n) is 3.73. The molecular weight excluding hydrogens is 529 g/mol. The first-order valence-electron chi connectivity index (χ1n) is 10.9. The molecule has 0 aliphatic rings. The molecule has 0 saturated carbocycles. The summed E-state index contributed by atoms with van der Waals surface area (Å²) in [5, 5.41) is 3.94. The normalized spacial score (nSPS) is 10.9. The Labute approximate surface area is 214 Å². The second-order valence-corrected chi connectivity index (χ2v) is 8.66. The van der Waals surface area contributed by atoms with Crippen LogP contribution in [0, 0.1) is 5.82 Å². The van der Waals surface area contributed by atoms with E-state index >= 15 is 0 Å². The molecule has 0 amide bonds. The molecule has 180 valence electrons. The van der Waals surface area contributed by atoms with Gasteiger partial charge in [-0.1, -0.05) is 46.3 Å². The highest BCUT2D eigenvalue weighted by Gasteiger charge is 2.22. The number of aromatic nitrogens is 2. The maximum atomic E-state index is 13.7. The van der Waals surface area contributed by atoms with E-state index in [1.165, 1.54) is 25.6 Å². The molecule has 7 nitrogen and oxygen atoms in total. The van der Waals surface area contributed by atoms with Crippen molar-refractivity contribution in [3.05, 3.63) is 89.4 Å². The first-order chi connectivity index (χ1) is 17.5. The Morgan fingerprint density at radius 1 is 1.03 bits per heavy atom. The molecule has 0 unspecified atom stereocenters. The Morgan fingerprint density at radius 3 is 2.53 bits per heavy atom. The SMILES string of the molecule is COC(=O)COc1cccc(Nc2ncnc3oc(-c4ccc(Br)cc4)c(-c4ccc(F)cc4)c23)c1. The molecule has 0 aliphatic heterocycles. The predicted octanol–water partition coefficient (Wildman–Crippen LogP) is 6.75. The molecular formula is C27H19BrFN3O4. The van der Waals surface area contributed by atoms with E-state index in [1.807, 2.05) is 30.3 Å². The van der Waals surface area contributed by atoms with Crippen molar-refractivity contribution < 1.29 is 23.1 Å². The van der Waals surface area contributed by atoms with Crippen LogP contribution in [-0.2, 0) is 9.53 Å². The number of fused-ring (bicyclic) bond motifs is 1. The highest BCUT2D eigenvalue weighted by Crippen LogP contribution is 2.43. The third kappa shape index (κ3) is 4.92. The monoisotopic (exact) mass is 547 g/mol. The van der Waals surface area contributed by atoms with Gasteiger partial charge in [-0.3, -0.25) is 0 Å². The number of ether oxygens (including phenoxy) is 2. The molecule has 0 spiro atoms. The van der Waals surface area contributed by atoms with Crippen LogP contribution in [0.3, 0.4) is 0 Å². The van der Waals surface area contributed by atoms with E-state index in [1.54, 1.807) is 30.3 Å². The molecule has 2 heterocycles. The number of hydrogen-bond acceptors (Lipinski definition) is 7. The third-order valence-corrected chi connectivity index (χ3v) is 5.94. The molecule has 9 heteroatoms. The van der Waals surface area contributed by atoms with Gasteiger partial charge in [-0.25, -0.2) is 19.2 Å². The largest absolute Gasteiger partial charge is 0.482 e. The second kappa shape index (κ2) is 10.2. The zero-order valence-corrected chi connectivity index (χ0v) is 20.6. The predicted molar refractivity (Wildman–Crippen MR) is 138 cm³/mol. The van der Waals surface area contributed by atoms with Gasteiger partial charge in [-0.2, -0.15) is 0 Å². The van der Waals surface area contributed by atoms with Gasteiger partial charge >= 0.3 is 5.97 Å². The molecule has 36 heavy (non-hydrogen) atoms. The van der Waals surface area contributed by atoms with Gasteiger partial charge in [0.25, 0.3) is 0 Å². The van der Waals surface area contributed by atoms with Gasteiger partial charge in [0.1, 0.15) is 29.5 Å². The lowest BCUT2D eigenvalue weighted by molar-refractivity contribution is -0.142. The number of furan rings is 1. The van der Waals surface area contributed by atoms with Crippen LogP contribution in [0.1, 0.15) is 0 Å². The van der Waals surface area contributed by atoms with Gasteiger partial charge in [0.2, 0.25) is 5.71 Å². The molecule has 0 fully saturated rings. The van der Waals surface area contributed by atoms with E-state index in [4.69, 9.17) is 9.15 Å². The van der Waals surface area contributed by atoms with Crippen molar-refractivity contribution in [2.45, 2.75) is 0 Å². The smallest absolute Gasteiger partial charge is 0.343 e. The average Bonchev–Trinajstić information content (AvgIpc) is 3.29. The molecule has 0 radical (unpaired) electrons. The van der Waals surface area contributed by atoms with E-state index in [0.29, 0.717) is 34.1 Å². The zero-order valence-electron chi connectivity index (χ0n) is 19.0. The summed E-state index contributed by atoms with van der Waals surface area (Å²) in [6.07, 6.45) is 1.41. The quantitative estimate of drug-likeness (QED) is 0.225. The standard InChI is InChI=1S/C27H19BrFN3O4/c1-34-22(33)14-35-21-4-2-3-20(13-21)32-26-24-23(16-7-11-19(29)12-8-16)25(36-27(24)31-15-30-26)17-5-9-18(28)10-6-17/h2-13,15H,14H2,1H3,(H,30,31,32). The third-order valence-electron chi connectivity index (χ3n) is 5.41. The molecule has 0 aliphatic carbocycles. The number of nitrogens with one attached hydrogen (secondary N) is 1. The maximum Gasteiger partial charge on any atom is 0.343 e. The van der Waals surface area contributed by atoms with Crippen molar-refractivity contribution in [1.29, 1.82) is 0 Å². The number of anilines is 2. The van der Waals surface area contributed by atoms with E-state index in [9.17, 15) is 9.18 Å². The zero-order chi connectivity index (χ0) is 25.1. The van der Waals surface area contributed by atoms with Gasteiger partial charge in [0, 0.05) is 27.4 Å². The van der Waals surface area contributed by atoms with Crippen molar-refractivity contribution >= 4 is 44.5 Å². The van der Waals surface area contributed by atoms with Crippen molar-refractivity contribution in [3.63, 3.8) is 0 Å². The van der Waals surface area contributed by atoms with Crippen molar-refractivity contribution in [3.8, 4) is 28.2 Å². The first kappa shape index (κ1) is 23.5. The summed E-state index contributed by atoms with van der Waals surface area (Å²) in [4.78, 5) is 20.2. The van der Waals surface area contributed by atoms with E-state index in [-0.39, 0.29) is 12.4 Å². The minimum absolute atomic E-state index is 0.204. The Kier molecular flexibility index (Phi) is 6.64. The second-order valence-electron chi connectivity index (χ2n) is 7.74. The van der Waals surface area contributed by atoms with Crippen LogP contribution in [0.5, 0.6) is 5.75 Å². The Morgan fingerprint density at radius 2 is 1.78 bits per heavy atom. The fourth-order valence-corrected chi connectivity index (χ4v) is 3.99. The van der Waals surface area contributed by atoms with Crippen molar-refractivity contribution in [2.75, 3.05) is 19.0 Å². The number of esters is 1. The number of carbonyl (C=O) groups excluding carboxylic acids is 1. The molecule has 0 saturated heterocycles. The van der Waals surface area contributed by atoms with Gasteiger partial charge < -0.3 is 19.2 Å². The summed E-state index contributed by atoms with van der Waals surface area (Å²) in [5.74, 6) is 0.750. The van der Waals surface area contributed by atoms with Crippen LogP contribution in [0.4, 0.5) is 15.9 Å². The number of carbonyl (C=O) groups is 1. The molecule has 0 bridgehead atoms. The van der Waals surface area contributed by atoms with Crippen LogP contribution in [0.25, 0.3) is 33.6 Å². The Bertz CT molecular complexity index is 1540. The number of halogens is 2. The number of rotatable bonds is 7. The van der Waals surface area contributed by atoms with Crippen molar-refractivity contribution in [1.82, 2.24) is 9.97 Å². The minimum atomic E-state index is -0.478. The topological polar surface area (TPSA) is 86.5 Å². The van der Waals surface area contributed by atoms with Gasteiger partial charge in [-0.05, 0) is 42.0 Å². The average molecular weight is 548 g/mol. The van der Waals surface area contributed by atoms with Crippen LogP contribution < -0.4 is 10.1 Å². The number of benzene rings is 3. The van der Waals surface area contributed by atoms with E-state index in [2.05, 4.69) is 36.0 Å². The van der Waals surface area contributed by atoms with Crippen LogP contribution >= 0.6 is 15.9 Å². The summed E-state index contributed by atoms with van der Waals surface area (Å²) >= 11 is 3.46. The summed E-state index contributed by atoms with van der Waals surface area (Å²) < 4.78 is 31.0. The number of methoxy groups -OCH3 is 1. The highest BCUT2D eigenvalue weighted by atomic mass is 79.9. The molecule has 5 aromatic rings. The van der Waals surface area contributed by atoms with E-state index < -0.39 is 5.97 Å². The van der Waals surface area contributed by atoms with Gasteiger partial charge in [0.15, 0.2) is 6.61 Å². The van der Waals surface area contributed by atoms with Crippen LogP contribution in [0.15, 0.2) is 88.0 Å². The Balaban J connectivity index is 1.61. The van der Waals surface area contributed by atoms with Gasteiger partial charge in [0.05, 0.1) is 12.5 Å². The first-order valence-corrected chi connectivity index (χ1v) is 11.7. The highest BCUT2D eigenvalue weighted by molar-refractivity contribution is 9.10. The summed E-state index contributed by atoms with van der Waals surface area (Å²) in [7, 11) is 1.30. The van der Waals surface area contributed by atoms with Crippen molar-refractivity contribution in [2.24, 2.45) is 0 Å². The molecule has 2 aromatic heterocycles. The molecule has 0 atom stereocenters. The number of nitrogens with zero attached hydrogens (tertiary/aromatic N) is 2. The maximum absolute atomic E-state index is 13.7. The summed E-state index contributed by atoms with van der Waals surface area (Å²) in [6, 6.07) is 21.0. The van der Waals surface area contributed by atoms with Gasteiger partial charge in [-0.15, -0.1) is 0 Å². The lowest BCUT2D eigenvalue weighted by Gasteiger charge is -2.10. The Hall–Kier alpha value is -4.24.